The van der Waals surface area contributed by atoms with Crippen molar-refractivity contribution in [1.82, 2.24) is 4.98 Å². The molecule has 4 heteroatoms. The Morgan fingerprint density at radius 2 is 2.11 bits per heavy atom. The van der Waals surface area contributed by atoms with Crippen LogP contribution in [0.3, 0.4) is 0 Å². The van der Waals surface area contributed by atoms with Crippen LogP contribution in [0.2, 0.25) is 0 Å². The highest BCUT2D eigenvalue weighted by Crippen LogP contribution is 2.32. The molecule has 0 aliphatic rings. The van der Waals surface area contributed by atoms with Gasteiger partial charge in [-0.05, 0) is 38.0 Å². The van der Waals surface area contributed by atoms with E-state index in [4.69, 9.17) is 10.7 Å². The topological polar surface area (TPSA) is 42.2 Å². The lowest BCUT2D eigenvalue weighted by Gasteiger charge is -2.20. The van der Waals surface area contributed by atoms with E-state index in [0.717, 1.165) is 23.8 Å². The molecule has 0 fully saturated rings. The van der Waals surface area contributed by atoms with Crippen LogP contribution in [0.15, 0.2) is 24.3 Å². The number of thiazole rings is 1. The van der Waals surface area contributed by atoms with Crippen LogP contribution in [0.1, 0.15) is 30.0 Å². The van der Waals surface area contributed by atoms with Crippen LogP contribution in [0.4, 0.5) is 10.8 Å². The van der Waals surface area contributed by atoms with E-state index >= 15 is 0 Å². The zero-order valence-corrected chi connectivity index (χ0v) is 12.6. The Hall–Kier alpha value is -1.39. The summed E-state index contributed by atoms with van der Waals surface area (Å²) in [6.45, 7) is 7.87. The number of anilines is 2. The normalized spacial score (nSPS) is 10.7. The summed E-state index contributed by atoms with van der Waals surface area (Å²) >= 11 is 1.71. The largest absolute Gasteiger partial charge is 0.326 e. The van der Waals surface area contributed by atoms with Crippen LogP contribution >= 0.6 is 11.3 Å². The second-order valence-corrected chi connectivity index (χ2v) is 5.57. The predicted octanol–water partition coefficient (Wildman–Crippen LogP) is 3.63. The molecule has 0 saturated heterocycles. The molecule has 1 aromatic carbocycles. The van der Waals surface area contributed by atoms with E-state index in [1.165, 1.54) is 16.1 Å². The molecule has 0 atom stereocenters. The minimum absolute atomic E-state index is 0.576. The molecule has 2 rings (SSSR count). The van der Waals surface area contributed by atoms with E-state index in [2.05, 4.69) is 49.9 Å². The van der Waals surface area contributed by atoms with E-state index in [-0.39, 0.29) is 0 Å². The van der Waals surface area contributed by atoms with Crippen molar-refractivity contribution < 1.29 is 0 Å². The monoisotopic (exact) mass is 275 g/mol. The Kier molecular flexibility index (Phi) is 4.56. The van der Waals surface area contributed by atoms with Gasteiger partial charge in [0.05, 0.1) is 5.69 Å². The third-order valence-corrected chi connectivity index (χ3v) is 4.29. The van der Waals surface area contributed by atoms with E-state index in [9.17, 15) is 0 Å². The molecule has 2 N–H and O–H groups in total. The second-order valence-electron chi connectivity index (χ2n) is 4.51. The summed E-state index contributed by atoms with van der Waals surface area (Å²) in [6, 6.07) is 8.53. The van der Waals surface area contributed by atoms with Crippen LogP contribution < -0.4 is 10.6 Å². The molecule has 1 heterocycles. The average molecular weight is 275 g/mol. The highest BCUT2D eigenvalue weighted by atomic mass is 32.1. The maximum atomic E-state index is 5.80. The van der Waals surface area contributed by atoms with E-state index in [1.807, 2.05) is 0 Å². The number of rotatable bonds is 5. The zero-order valence-electron chi connectivity index (χ0n) is 11.8. The van der Waals surface area contributed by atoms with Crippen molar-refractivity contribution in [3.63, 3.8) is 0 Å². The summed E-state index contributed by atoms with van der Waals surface area (Å²) in [4.78, 5) is 8.18. The molecule has 0 aliphatic carbocycles. The Morgan fingerprint density at radius 1 is 1.32 bits per heavy atom. The highest BCUT2D eigenvalue weighted by Gasteiger charge is 2.15. The van der Waals surface area contributed by atoms with Gasteiger partial charge in [0.15, 0.2) is 5.13 Å². The van der Waals surface area contributed by atoms with Crippen molar-refractivity contribution in [3.05, 3.63) is 40.4 Å². The first kappa shape index (κ1) is 14.0. The summed E-state index contributed by atoms with van der Waals surface area (Å²) in [5.74, 6) is 0. The summed E-state index contributed by atoms with van der Waals surface area (Å²) < 4.78 is 0. The minimum atomic E-state index is 0.576. The van der Waals surface area contributed by atoms with E-state index in [1.54, 1.807) is 11.3 Å². The van der Waals surface area contributed by atoms with E-state index < -0.39 is 0 Å². The first-order valence-corrected chi connectivity index (χ1v) is 7.54. The molecule has 0 unspecified atom stereocenters. The Labute approximate surface area is 119 Å². The van der Waals surface area contributed by atoms with Gasteiger partial charge in [0.25, 0.3) is 0 Å². The molecule has 0 radical (unpaired) electrons. The Balaban J connectivity index is 2.39. The number of benzene rings is 1. The predicted molar refractivity (Wildman–Crippen MR) is 83.2 cm³/mol. The molecule has 3 nitrogen and oxygen atoms in total. The quantitative estimate of drug-likeness (QED) is 0.906. The van der Waals surface area contributed by atoms with Gasteiger partial charge in [-0.25, -0.2) is 4.98 Å². The van der Waals surface area contributed by atoms with Crippen LogP contribution in [0, 0.1) is 6.92 Å². The number of aromatic nitrogens is 1. The van der Waals surface area contributed by atoms with Crippen molar-refractivity contribution in [2.75, 3.05) is 11.4 Å². The molecule has 0 spiro atoms. The lowest BCUT2D eigenvalue weighted by atomic mass is 10.2. The number of nitrogens with zero attached hydrogens (tertiary/aromatic N) is 2. The molecular weight excluding hydrogens is 254 g/mol. The average Bonchev–Trinajstić information content (AvgIpc) is 2.83. The van der Waals surface area contributed by atoms with Crippen molar-refractivity contribution in [3.8, 4) is 0 Å². The maximum absolute atomic E-state index is 5.80. The standard InChI is InChI=1S/C15H21N3S/c1-4-13-14(10-16)19-15(17-13)18(5-2)12-8-6-7-11(3)9-12/h6-9H,4-5,10,16H2,1-3H3. The molecule has 2 aromatic rings. The van der Waals surface area contributed by atoms with Gasteiger partial charge in [-0.15, -0.1) is 0 Å². The SMILES string of the molecule is CCc1nc(N(CC)c2cccc(C)c2)sc1CN. The summed E-state index contributed by atoms with van der Waals surface area (Å²) in [5.41, 5.74) is 9.39. The number of aryl methyl sites for hydroxylation is 2. The molecule has 19 heavy (non-hydrogen) atoms. The van der Waals surface area contributed by atoms with Gasteiger partial charge in [-0.1, -0.05) is 30.4 Å². The van der Waals surface area contributed by atoms with Gasteiger partial charge < -0.3 is 10.6 Å². The molecule has 102 valence electrons. The second kappa shape index (κ2) is 6.17. The molecule has 0 aliphatic heterocycles. The lowest BCUT2D eigenvalue weighted by molar-refractivity contribution is 0.960. The fraction of sp³-hybridized carbons (Fsp3) is 0.400. The van der Waals surface area contributed by atoms with E-state index in [0.29, 0.717) is 6.54 Å². The van der Waals surface area contributed by atoms with Crippen LogP contribution in [-0.2, 0) is 13.0 Å². The molecule has 0 saturated carbocycles. The molecular formula is C15H21N3S. The van der Waals surface area contributed by atoms with Gasteiger partial charge >= 0.3 is 0 Å². The van der Waals surface area contributed by atoms with Gasteiger partial charge in [0.2, 0.25) is 0 Å². The third-order valence-electron chi connectivity index (χ3n) is 3.15. The van der Waals surface area contributed by atoms with Crippen LogP contribution in [0.5, 0.6) is 0 Å². The lowest BCUT2D eigenvalue weighted by Crippen LogP contribution is -2.15. The summed E-state index contributed by atoms with van der Waals surface area (Å²) in [7, 11) is 0. The van der Waals surface area contributed by atoms with Gasteiger partial charge in [-0.3, -0.25) is 0 Å². The van der Waals surface area contributed by atoms with Gasteiger partial charge in [0.1, 0.15) is 0 Å². The maximum Gasteiger partial charge on any atom is 0.190 e. The minimum Gasteiger partial charge on any atom is -0.326 e. The molecule has 0 bridgehead atoms. The fourth-order valence-electron chi connectivity index (χ4n) is 2.15. The van der Waals surface area contributed by atoms with Crippen molar-refractivity contribution >= 4 is 22.2 Å². The van der Waals surface area contributed by atoms with Crippen molar-refractivity contribution in [1.29, 1.82) is 0 Å². The first-order chi connectivity index (χ1) is 9.19. The molecule has 1 aromatic heterocycles. The van der Waals surface area contributed by atoms with Gasteiger partial charge in [0, 0.05) is 23.7 Å². The number of hydrogen-bond donors (Lipinski definition) is 1. The first-order valence-electron chi connectivity index (χ1n) is 6.72. The smallest absolute Gasteiger partial charge is 0.190 e. The Morgan fingerprint density at radius 3 is 2.63 bits per heavy atom. The van der Waals surface area contributed by atoms with Crippen LogP contribution in [-0.4, -0.2) is 11.5 Å². The Bertz CT molecular complexity index is 527. The zero-order chi connectivity index (χ0) is 13.8. The summed E-state index contributed by atoms with van der Waals surface area (Å²) in [5, 5.41) is 1.05. The number of nitrogens with two attached hydrogens (primary N) is 1. The van der Waals surface area contributed by atoms with Crippen molar-refractivity contribution in [2.45, 2.75) is 33.7 Å². The fourth-order valence-corrected chi connectivity index (χ4v) is 3.26. The molecule has 0 amide bonds. The highest BCUT2D eigenvalue weighted by molar-refractivity contribution is 7.15. The van der Waals surface area contributed by atoms with Gasteiger partial charge in [-0.2, -0.15) is 0 Å². The van der Waals surface area contributed by atoms with Crippen molar-refractivity contribution in [2.24, 2.45) is 5.73 Å². The third kappa shape index (κ3) is 2.96. The summed E-state index contributed by atoms with van der Waals surface area (Å²) in [6.07, 6.45) is 0.939. The van der Waals surface area contributed by atoms with Crippen LogP contribution in [0.25, 0.3) is 0 Å². The number of hydrogen-bond acceptors (Lipinski definition) is 4.